The van der Waals surface area contributed by atoms with E-state index in [1.807, 2.05) is 0 Å². The van der Waals surface area contributed by atoms with Crippen LogP contribution >= 0.6 is 0 Å². The van der Waals surface area contributed by atoms with Gasteiger partial charge in [-0.1, -0.05) is 19.3 Å². The zero-order valence-electron chi connectivity index (χ0n) is 14.6. The number of nitrogens with one attached hydrogen (secondary N) is 1. The van der Waals surface area contributed by atoms with E-state index in [1.165, 1.54) is 28.6 Å². The van der Waals surface area contributed by atoms with Crippen molar-refractivity contribution in [3.63, 3.8) is 0 Å². The van der Waals surface area contributed by atoms with Gasteiger partial charge in [-0.15, -0.1) is 0 Å². The molecule has 1 aliphatic carbocycles. The Balaban J connectivity index is 1.68. The lowest BCUT2D eigenvalue weighted by Gasteiger charge is -2.25. The zero-order chi connectivity index (χ0) is 18.7. The molecule has 1 aromatic rings. The van der Waals surface area contributed by atoms with Crippen LogP contribution in [0.3, 0.4) is 0 Å². The number of amides is 1. The number of carboxylic acids is 1. The van der Waals surface area contributed by atoms with E-state index in [0.29, 0.717) is 25.4 Å². The van der Waals surface area contributed by atoms with Crippen LogP contribution in [0, 0.1) is 5.92 Å². The zero-order valence-corrected chi connectivity index (χ0v) is 15.4. The van der Waals surface area contributed by atoms with Crippen LogP contribution in [0.4, 0.5) is 0 Å². The molecule has 1 unspecified atom stereocenters. The first-order valence-corrected chi connectivity index (χ1v) is 10.5. The number of sulfonamides is 1. The minimum absolute atomic E-state index is 0.156. The van der Waals surface area contributed by atoms with E-state index in [1.54, 1.807) is 0 Å². The fourth-order valence-electron chi connectivity index (χ4n) is 3.18. The molecule has 1 aliphatic heterocycles. The number of rotatable bonds is 7. The third-order valence-electron chi connectivity index (χ3n) is 4.94. The van der Waals surface area contributed by atoms with Crippen molar-refractivity contribution < 1.29 is 23.1 Å². The number of aliphatic carboxylic acids is 1. The summed E-state index contributed by atoms with van der Waals surface area (Å²) in [6, 6.07) is 4.78. The molecule has 2 N–H and O–H groups in total. The molecule has 1 saturated carbocycles. The lowest BCUT2D eigenvalue weighted by molar-refractivity contribution is -0.139. The van der Waals surface area contributed by atoms with Crippen molar-refractivity contribution in [1.82, 2.24) is 9.62 Å². The third-order valence-corrected chi connectivity index (χ3v) is 6.85. The summed E-state index contributed by atoms with van der Waals surface area (Å²) < 4.78 is 26.7. The Morgan fingerprint density at radius 3 is 2.27 bits per heavy atom. The summed E-state index contributed by atoms with van der Waals surface area (Å²) in [7, 11) is -3.54. The van der Waals surface area contributed by atoms with E-state index in [0.717, 1.165) is 32.1 Å². The molecule has 7 nitrogen and oxygen atoms in total. The molecule has 1 amide bonds. The van der Waals surface area contributed by atoms with Gasteiger partial charge in [-0.2, -0.15) is 4.31 Å². The molecule has 8 heteroatoms. The molecule has 1 atom stereocenters. The van der Waals surface area contributed by atoms with Crippen LogP contribution in [0.15, 0.2) is 29.2 Å². The van der Waals surface area contributed by atoms with Gasteiger partial charge >= 0.3 is 5.97 Å². The maximum Gasteiger partial charge on any atom is 0.326 e. The van der Waals surface area contributed by atoms with Crippen LogP contribution in [0.2, 0.25) is 0 Å². The third kappa shape index (κ3) is 4.42. The van der Waals surface area contributed by atoms with Gasteiger partial charge in [0.15, 0.2) is 0 Å². The summed E-state index contributed by atoms with van der Waals surface area (Å²) in [4.78, 5) is 23.7. The molecular weight excluding hydrogens is 356 g/mol. The molecule has 0 spiro atoms. The monoisotopic (exact) mass is 380 g/mol. The van der Waals surface area contributed by atoms with Gasteiger partial charge in [-0.25, -0.2) is 13.2 Å². The summed E-state index contributed by atoms with van der Waals surface area (Å²) in [5, 5.41) is 11.8. The fourth-order valence-corrected chi connectivity index (χ4v) is 4.70. The minimum Gasteiger partial charge on any atom is -0.480 e. The first kappa shape index (κ1) is 18.8. The summed E-state index contributed by atoms with van der Waals surface area (Å²) in [5.74, 6) is -1.18. The molecule has 3 rings (SSSR count). The molecule has 0 aromatic heterocycles. The van der Waals surface area contributed by atoms with Crippen LogP contribution in [0.1, 0.15) is 48.9 Å². The van der Waals surface area contributed by atoms with Crippen molar-refractivity contribution >= 4 is 21.9 Å². The van der Waals surface area contributed by atoms with Crippen molar-refractivity contribution in [3.05, 3.63) is 29.8 Å². The Morgan fingerprint density at radius 2 is 1.73 bits per heavy atom. The second-order valence-electron chi connectivity index (χ2n) is 7.03. The van der Waals surface area contributed by atoms with Crippen LogP contribution in [-0.4, -0.2) is 48.8 Å². The fraction of sp³-hybridized carbons (Fsp3) is 0.556. The standard InChI is InChI=1S/C18H24N2O5S/c21-17(19-16(18(22)23)12-13-4-5-13)14-6-8-15(9-7-14)26(24,25)20-10-2-1-3-11-20/h6-9,13,16H,1-5,10-12H2,(H,19,21)(H,22,23). The largest absolute Gasteiger partial charge is 0.480 e. The van der Waals surface area contributed by atoms with Gasteiger partial charge in [0.2, 0.25) is 10.0 Å². The second-order valence-corrected chi connectivity index (χ2v) is 8.97. The van der Waals surface area contributed by atoms with Crippen LogP contribution in [0.25, 0.3) is 0 Å². The normalized spacial score (nSPS) is 19.7. The highest BCUT2D eigenvalue weighted by Gasteiger charge is 2.30. The van der Waals surface area contributed by atoms with E-state index >= 15 is 0 Å². The molecule has 142 valence electrons. The lowest BCUT2D eigenvalue weighted by Crippen LogP contribution is -2.41. The molecule has 0 bridgehead atoms. The topological polar surface area (TPSA) is 104 Å². The molecule has 1 saturated heterocycles. The highest BCUT2D eigenvalue weighted by molar-refractivity contribution is 7.89. The number of carbonyl (C=O) groups is 2. The van der Waals surface area contributed by atoms with Gasteiger partial charge in [0, 0.05) is 18.7 Å². The number of nitrogens with zero attached hydrogens (tertiary/aromatic N) is 1. The summed E-state index contributed by atoms with van der Waals surface area (Å²) in [6.45, 7) is 1.04. The molecule has 2 aliphatic rings. The summed E-state index contributed by atoms with van der Waals surface area (Å²) >= 11 is 0. The highest BCUT2D eigenvalue weighted by atomic mass is 32.2. The summed E-state index contributed by atoms with van der Waals surface area (Å²) in [6.07, 6.45) is 5.19. The van der Waals surface area contributed by atoms with Crippen molar-refractivity contribution in [3.8, 4) is 0 Å². The predicted molar refractivity (Wildman–Crippen MR) is 95.3 cm³/mol. The second kappa shape index (κ2) is 7.75. The average molecular weight is 380 g/mol. The van der Waals surface area contributed by atoms with Gasteiger partial charge in [0.05, 0.1) is 4.90 Å². The lowest BCUT2D eigenvalue weighted by atomic mass is 10.1. The van der Waals surface area contributed by atoms with Crippen molar-refractivity contribution in [2.24, 2.45) is 5.92 Å². The van der Waals surface area contributed by atoms with E-state index < -0.39 is 27.9 Å². The quantitative estimate of drug-likeness (QED) is 0.751. The molecular formula is C18H24N2O5S. The van der Waals surface area contributed by atoms with Gasteiger partial charge in [0.1, 0.15) is 6.04 Å². The molecule has 1 aromatic carbocycles. The van der Waals surface area contributed by atoms with Crippen molar-refractivity contribution in [1.29, 1.82) is 0 Å². The first-order valence-electron chi connectivity index (χ1n) is 9.02. The molecule has 2 fully saturated rings. The van der Waals surface area contributed by atoms with Gasteiger partial charge in [-0.05, 0) is 49.4 Å². The highest BCUT2D eigenvalue weighted by Crippen LogP contribution is 2.33. The first-order chi connectivity index (χ1) is 12.4. The van der Waals surface area contributed by atoms with Gasteiger partial charge in [0.25, 0.3) is 5.91 Å². The number of benzene rings is 1. The summed E-state index contributed by atoms with van der Waals surface area (Å²) in [5.41, 5.74) is 0.254. The number of carboxylic acid groups (broad SMARTS) is 1. The van der Waals surface area contributed by atoms with E-state index in [4.69, 9.17) is 0 Å². The number of carbonyl (C=O) groups excluding carboxylic acids is 1. The van der Waals surface area contributed by atoms with Crippen molar-refractivity contribution in [2.45, 2.75) is 49.5 Å². The van der Waals surface area contributed by atoms with E-state index in [-0.39, 0.29) is 10.5 Å². The average Bonchev–Trinajstić information content (AvgIpc) is 3.46. The number of piperidine rings is 1. The Bertz CT molecular complexity index is 765. The van der Waals surface area contributed by atoms with Gasteiger partial charge in [-0.3, -0.25) is 4.79 Å². The van der Waals surface area contributed by atoms with Crippen LogP contribution < -0.4 is 5.32 Å². The van der Waals surface area contributed by atoms with Crippen molar-refractivity contribution in [2.75, 3.05) is 13.1 Å². The number of hydrogen-bond donors (Lipinski definition) is 2. The Kier molecular flexibility index (Phi) is 5.62. The number of hydrogen-bond acceptors (Lipinski definition) is 4. The Labute approximate surface area is 153 Å². The molecule has 0 radical (unpaired) electrons. The van der Waals surface area contributed by atoms with Gasteiger partial charge < -0.3 is 10.4 Å². The Morgan fingerprint density at radius 1 is 1.12 bits per heavy atom. The predicted octanol–water partition coefficient (Wildman–Crippen LogP) is 1.84. The molecule has 1 heterocycles. The van der Waals surface area contributed by atoms with Crippen LogP contribution in [-0.2, 0) is 14.8 Å². The van der Waals surface area contributed by atoms with E-state index in [2.05, 4.69) is 5.32 Å². The van der Waals surface area contributed by atoms with Crippen LogP contribution in [0.5, 0.6) is 0 Å². The molecule has 26 heavy (non-hydrogen) atoms. The SMILES string of the molecule is O=C(NC(CC1CC1)C(=O)O)c1ccc(S(=O)(=O)N2CCCCC2)cc1. The maximum atomic E-state index is 12.6. The smallest absolute Gasteiger partial charge is 0.326 e. The maximum absolute atomic E-state index is 12.6. The Hall–Kier alpha value is -1.93. The van der Waals surface area contributed by atoms with E-state index in [9.17, 15) is 23.1 Å². The minimum atomic E-state index is -3.54.